The molecular weight excluding hydrogens is 623 g/mol. The zero-order valence-corrected chi connectivity index (χ0v) is 26.8. The maximum atomic E-state index is 8.63. The number of ether oxygens (including phenoxy) is 5. The second-order valence-electron chi connectivity index (χ2n) is 8.61. The van der Waals surface area contributed by atoms with Gasteiger partial charge in [-0.15, -0.1) is 0 Å². The second kappa shape index (κ2) is 29.6. The molecule has 2 N–H and O–H groups in total. The van der Waals surface area contributed by atoms with Crippen molar-refractivity contribution in [1.82, 2.24) is 0 Å². The van der Waals surface area contributed by atoms with Crippen molar-refractivity contribution in [2.24, 2.45) is 0 Å². The summed E-state index contributed by atoms with van der Waals surface area (Å²) in [5.41, 5.74) is 0.00746. The minimum Gasteiger partial charge on any atom is -0.412 e. The molecule has 1 aliphatic heterocycles. The fourth-order valence-corrected chi connectivity index (χ4v) is 3.32. The Labute approximate surface area is 295 Å². The van der Waals surface area contributed by atoms with Gasteiger partial charge in [-0.2, -0.15) is 42.1 Å². The summed E-state index contributed by atoms with van der Waals surface area (Å²) in [7, 11) is 0. The first-order chi connectivity index (χ1) is 23.0. The Morgan fingerprint density at radius 1 is 0.327 bits per heavy atom. The number of rotatable bonds is 0. The van der Waals surface area contributed by atoms with Crippen LogP contribution in [0.4, 0.5) is 0 Å². The van der Waals surface area contributed by atoms with Gasteiger partial charge in [-0.3, -0.25) is 0 Å². The van der Waals surface area contributed by atoms with E-state index in [0.717, 1.165) is 0 Å². The molecule has 1 radical (unpaired) electrons. The van der Waals surface area contributed by atoms with E-state index in [1.165, 1.54) is 48.5 Å². The van der Waals surface area contributed by atoms with Gasteiger partial charge in [0, 0.05) is 39.7 Å². The summed E-state index contributed by atoms with van der Waals surface area (Å²) < 4.78 is 26.4. The number of nitriles is 8. The molecule has 1 fully saturated rings. The molecule has 2 aromatic carbocycles. The van der Waals surface area contributed by atoms with Gasteiger partial charge in [-0.05, 0) is 0 Å². The number of benzene rings is 2. The van der Waals surface area contributed by atoms with Crippen molar-refractivity contribution in [2.45, 2.75) is 0 Å². The van der Waals surface area contributed by atoms with Gasteiger partial charge in [-0.25, -0.2) is 0 Å². The third-order valence-corrected chi connectivity index (χ3v) is 5.68. The van der Waals surface area contributed by atoms with Gasteiger partial charge >= 0.3 is 0 Å². The standard InChI is InChI=1S/2C12H4N4.C10H20O5.Li.H2O/c2*13-5-11(6-14)9-1-2-10(4-3-9)12(7-15)8-16;1-2-12-5-6-14-9-10-15-8-7-13-4-3-11-1;;/h2*1-4H;1-10H2;;1H2. The van der Waals surface area contributed by atoms with Gasteiger partial charge in [0.05, 0.1) is 66.1 Å². The Morgan fingerprint density at radius 3 is 0.551 bits per heavy atom. The van der Waals surface area contributed by atoms with Crippen LogP contribution in [0.3, 0.4) is 0 Å². The fourth-order valence-electron chi connectivity index (χ4n) is 3.32. The summed E-state index contributed by atoms with van der Waals surface area (Å²) in [4.78, 5) is 0. The predicted molar refractivity (Wildman–Crippen MR) is 173 cm³/mol. The first kappa shape index (κ1) is 45.3. The molecule has 0 aromatic heterocycles. The minimum atomic E-state index is 0. The number of nitrogens with zero attached hydrogens (tertiary/aromatic N) is 8. The van der Waals surface area contributed by atoms with Crippen molar-refractivity contribution in [3.63, 3.8) is 0 Å². The molecule has 0 unspecified atom stereocenters. The van der Waals surface area contributed by atoms with Crippen molar-refractivity contribution >= 4 is 41.2 Å². The van der Waals surface area contributed by atoms with Crippen molar-refractivity contribution < 1.29 is 29.2 Å². The number of hydrogen-bond acceptors (Lipinski definition) is 13. The van der Waals surface area contributed by atoms with Crippen LogP contribution in [-0.2, 0) is 23.7 Å². The normalized spacial score (nSPS) is 12.4. The SMILES string of the molecule is C1COCCOCCOCCOCCO1.N#CC(C#N)=c1ccc(=C(C#N)C#N)cc1.N#CC(C#N)=c1ccc(=C(C#N)C#N)cc1.O.[Li]. The quantitative estimate of drug-likeness (QED) is 0.310. The summed E-state index contributed by atoms with van der Waals surface area (Å²) in [6.07, 6.45) is 0. The van der Waals surface area contributed by atoms with E-state index in [-0.39, 0.29) is 46.6 Å². The molecule has 1 heterocycles. The third-order valence-electron chi connectivity index (χ3n) is 5.68. The average Bonchev–Trinajstić information content (AvgIpc) is 3.12. The molecule has 243 valence electrons. The van der Waals surface area contributed by atoms with Crippen LogP contribution in [0.15, 0.2) is 48.5 Å². The van der Waals surface area contributed by atoms with Crippen LogP contribution in [0.5, 0.6) is 0 Å². The molecule has 0 amide bonds. The Bertz CT molecular complexity index is 1520. The molecule has 1 saturated heterocycles. The summed E-state index contributed by atoms with van der Waals surface area (Å²) >= 11 is 0. The zero-order chi connectivity index (χ0) is 34.5. The average molecular weight is 654 g/mol. The largest absolute Gasteiger partial charge is 0.412 e. The molecule has 14 nitrogen and oxygen atoms in total. The molecule has 49 heavy (non-hydrogen) atoms. The molecule has 0 aliphatic carbocycles. The number of hydrogen-bond donors (Lipinski definition) is 0. The van der Waals surface area contributed by atoms with Crippen LogP contribution in [0.2, 0.25) is 0 Å². The smallest absolute Gasteiger partial charge is 0.136 e. The zero-order valence-electron chi connectivity index (χ0n) is 26.8. The van der Waals surface area contributed by atoms with Gasteiger partial charge < -0.3 is 29.2 Å². The van der Waals surface area contributed by atoms with Crippen LogP contribution >= 0.6 is 0 Å². The Hall–Kier alpha value is -5.80. The van der Waals surface area contributed by atoms with Crippen LogP contribution in [0.1, 0.15) is 0 Å². The fraction of sp³-hybridized carbons (Fsp3) is 0.294. The molecule has 1 aliphatic rings. The van der Waals surface area contributed by atoms with Gasteiger partial charge in [0.25, 0.3) is 0 Å². The summed E-state index contributed by atoms with van der Waals surface area (Å²) in [6.45, 7) is 6.11. The third kappa shape index (κ3) is 18.2. The first-order valence-electron chi connectivity index (χ1n) is 13.8. The second-order valence-corrected chi connectivity index (χ2v) is 8.61. The summed E-state index contributed by atoms with van der Waals surface area (Å²) in [5.74, 6) is 0. The molecule has 0 bridgehead atoms. The van der Waals surface area contributed by atoms with Crippen LogP contribution in [0.25, 0.3) is 22.3 Å². The van der Waals surface area contributed by atoms with E-state index >= 15 is 0 Å². The molecule has 3 rings (SSSR count). The maximum absolute atomic E-state index is 8.63. The minimum absolute atomic E-state index is 0. The molecular formula is C34H30LiN8O6. The van der Waals surface area contributed by atoms with E-state index < -0.39 is 0 Å². The van der Waals surface area contributed by atoms with E-state index in [0.29, 0.717) is 86.9 Å². The van der Waals surface area contributed by atoms with E-state index in [1.54, 1.807) is 48.6 Å². The monoisotopic (exact) mass is 653 g/mol. The maximum Gasteiger partial charge on any atom is 0.136 e. The Morgan fingerprint density at radius 2 is 0.449 bits per heavy atom. The van der Waals surface area contributed by atoms with Crippen molar-refractivity contribution in [1.29, 1.82) is 42.1 Å². The van der Waals surface area contributed by atoms with Gasteiger partial charge in [0.1, 0.15) is 70.8 Å². The van der Waals surface area contributed by atoms with Crippen LogP contribution in [-0.4, -0.2) is 90.4 Å². The molecule has 2 aromatic rings. The van der Waals surface area contributed by atoms with Crippen LogP contribution in [0, 0.1) is 90.6 Å². The Balaban J connectivity index is 0. The molecule has 0 spiro atoms. The van der Waals surface area contributed by atoms with Gasteiger partial charge in [-0.1, -0.05) is 48.5 Å². The predicted octanol–water partition coefficient (Wildman–Crippen LogP) is -0.958. The molecule has 15 heteroatoms. The Kier molecular flexibility index (Phi) is 27.4. The topological polar surface area (TPSA) is 268 Å². The summed E-state index contributed by atoms with van der Waals surface area (Å²) in [6, 6.07) is 26.4. The van der Waals surface area contributed by atoms with Crippen molar-refractivity contribution in [3.8, 4) is 48.6 Å². The van der Waals surface area contributed by atoms with Gasteiger partial charge in [0.15, 0.2) is 0 Å². The first-order valence-corrected chi connectivity index (χ1v) is 13.8. The van der Waals surface area contributed by atoms with Crippen LogP contribution < -0.4 is 20.9 Å². The van der Waals surface area contributed by atoms with E-state index in [9.17, 15) is 0 Å². The summed E-state index contributed by atoms with van der Waals surface area (Å²) in [5, 5.41) is 71.0. The van der Waals surface area contributed by atoms with E-state index in [2.05, 4.69) is 0 Å². The molecule has 0 atom stereocenters. The van der Waals surface area contributed by atoms with E-state index in [4.69, 9.17) is 65.8 Å². The van der Waals surface area contributed by atoms with Crippen molar-refractivity contribution in [3.05, 3.63) is 69.4 Å². The molecule has 0 saturated carbocycles. The van der Waals surface area contributed by atoms with Crippen molar-refractivity contribution in [2.75, 3.05) is 66.1 Å². The van der Waals surface area contributed by atoms with Gasteiger partial charge in [0.2, 0.25) is 0 Å². The van der Waals surface area contributed by atoms with E-state index in [1.807, 2.05) is 0 Å².